The van der Waals surface area contributed by atoms with Crippen LogP contribution < -0.4 is 10.1 Å². The maximum atomic E-state index is 12.4. The fourth-order valence-electron chi connectivity index (χ4n) is 3.76. The maximum absolute atomic E-state index is 12.4. The zero-order chi connectivity index (χ0) is 16.1. The fraction of sp³-hybridized carbons (Fsp3) is 0.556. The summed E-state index contributed by atoms with van der Waals surface area (Å²) in [5.74, 6) is 1.43. The average Bonchev–Trinajstić information content (AvgIpc) is 3.07. The first-order chi connectivity index (χ1) is 11.3. The minimum atomic E-state index is 0.0463. The van der Waals surface area contributed by atoms with Gasteiger partial charge in [0.25, 0.3) is 0 Å². The lowest BCUT2D eigenvalue weighted by Gasteiger charge is -2.37. The van der Waals surface area contributed by atoms with Gasteiger partial charge in [-0.3, -0.25) is 0 Å². The van der Waals surface area contributed by atoms with Crippen molar-refractivity contribution in [3.8, 4) is 11.8 Å². The quantitative estimate of drug-likeness (QED) is 0.869. The first-order valence-corrected chi connectivity index (χ1v) is 8.45. The molecule has 2 atom stereocenters. The highest BCUT2D eigenvalue weighted by molar-refractivity contribution is 5.74. The average molecular weight is 313 g/mol. The van der Waals surface area contributed by atoms with Gasteiger partial charge in [-0.1, -0.05) is 6.42 Å². The van der Waals surface area contributed by atoms with E-state index >= 15 is 0 Å². The zero-order valence-corrected chi connectivity index (χ0v) is 13.3. The molecule has 1 N–H and O–H groups in total. The Bertz CT molecular complexity index is 579. The number of amides is 2. The molecule has 5 heteroatoms. The van der Waals surface area contributed by atoms with Crippen LogP contribution in [-0.4, -0.2) is 36.7 Å². The number of likely N-dealkylation sites (tertiary alicyclic amines) is 1. The summed E-state index contributed by atoms with van der Waals surface area (Å²) in [6.45, 7) is 1.80. The second-order valence-corrected chi connectivity index (χ2v) is 6.31. The van der Waals surface area contributed by atoms with Gasteiger partial charge in [0.2, 0.25) is 0 Å². The molecule has 1 aliphatic carbocycles. The first kappa shape index (κ1) is 15.7. The van der Waals surface area contributed by atoms with Crippen LogP contribution >= 0.6 is 0 Å². The summed E-state index contributed by atoms with van der Waals surface area (Å²) in [7, 11) is 0. The SMILES string of the molecule is N#Cc1ccc(OCCNC(=O)N2CCCC3CCCC32)cc1. The van der Waals surface area contributed by atoms with Gasteiger partial charge >= 0.3 is 6.03 Å². The lowest BCUT2D eigenvalue weighted by Crippen LogP contribution is -2.51. The van der Waals surface area contributed by atoms with E-state index < -0.39 is 0 Å². The number of nitrogens with zero attached hydrogens (tertiary/aromatic N) is 2. The molecule has 2 amide bonds. The number of urea groups is 1. The normalized spacial score (nSPS) is 23.0. The summed E-state index contributed by atoms with van der Waals surface area (Å²) in [6, 6.07) is 9.56. The van der Waals surface area contributed by atoms with Crippen molar-refractivity contribution in [2.24, 2.45) is 5.92 Å². The molecule has 0 bridgehead atoms. The van der Waals surface area contributed by atoms with E-state index in [2.05, 4.69) is 11.4 Å². The van der Waals surface area contributed by atoms with Crippen molar-refractivity contribution in [1.82, 2.24) is 10.2 Å². The number of ether oxygens (including phenoxy) is 1. The first-order valence-electron chi connectivity index (χ1n) is 8.45. The van der Waals surface area contributed by atoms with Crippen molar-refractivity contribution in [2.45, 2.75) is 38.1 Å². The fourth-order valence-corrected chi connectivity index (χ4v) is 3.76. The van der Waals surface area contributed by atoms with E-state index in [1.165, 1.54) is 19.3 Å². The third kappa shape index (κ3) is 3.76. The van der Waals surface area contributed by atoms with Gasteiger partial charge < -0.3 is 15.0 Å². The van der Waals surface area contributed by atoms with Crippen molar-refractivity contribution in [2.75, 3.05) is 19.7 Å². The Morgan fingerprint density at radius 3 is 2.83 bits per heavy atom. The Balaban J connectivity index is 1.41. The number of fused-ring (bicyclic) bond motifs is 1. The molecule has 0 radical (unpaired) electrons. The van der Waals surface area contributed by atoms with Crippen molar-refractivity contribution in [1.29, 1.82) is 5.26 Å². The van der Waals surface area contributed by atoms with E-state index in [0.29, 0.717) is 36.4 Å². The number of rotatable bonds is 4. The Morgan fingerprint density at radius 2 is 2.04 bits per heavy atom. The molecule has 1 aromatic carbocycles. The Hall–Kier alpha value is -2.22. The smallest absolute Gasteiger partial charge is 0.317 e. The molecule has 0 spiro atoms. The van der Waals surface area contributed by atoms with Gasteiger partial charge in [0.1, 0.15) is 12.4 Å². The van der Waals surface area contributed by atoms with Gasteiger partial charge in [-0.25, -0.2) is 4.79 Å². The number of piperidine rings is 1. The van der Waals surface area contributed by atoms with E-state index in [0.717, 1.165) is 19.4 Å². The molecule has 0 aromatic heterocycles. The summed E-state index contributed by atoms with van der Waals surface area (Å²) in [6.07, 6.45) is 6.07. The van der Waals surface area contributed by atoms with E-state index in [-0.39, 0.29) is 6.03 Å². The Kier molecular flexibility index (Phi) is 5.02. The highest BCUT2D eigenvalue weighted by Crippen LogP contribution is 2.36. The minimum Gasteiger partial charge on any atom is -0.492 e. The molecule has 5 nitrogen and oxygen atoms in total. The van der Waals surface area contributed by atoms with Crippen molar-refractivity contribution >= 4 is 6.03 Å². The number of nitrogens with one attached hydrogen (secondary N) is 1. The molecule has 1 aromatic rings. The molecule has 1 saturated heterocycles. The van der Waals surface area contributed by atoms with Crippen LogP contribution in [0.5, 0.6) is 5.75 Å². The molecular weight excluding hydrogens is 290 g/mol. The summed E-state index contributed by atoms with van der Waals surface area (Å²) in [4.78, 5) is 14.4. The molecule has 1 saturated carbocycles. The molecule has 1 heterocycles. The van der Waals surface area contributed by atoms with Gasteiger partial charge in [0.05, 0.1) is 18.2 Å². The highest BCUT2D eigenvalue weighted by Gasteiger charge is 2.37. The standard InChI is InChI=1S/C18H23N3O2/c19-13-14-6-8-16(9-7-14)23-12-10-20-18(22)21-11-2-4-15-3-1-5-17(15)21/h6-9,15,17H,1-5,10-12H2,(H,20,22). The third-order valence-electron chi connectivity index (χ3n) is 4.88. The van der Waals surface area contributed by atoms with E-state index in [9.17, 15) is 4.79 Å². The molecule has 23 heavy (non-hydrogen) atoms. The zero-order valence-electron chi connectivity index (χ0n) is 13.3. The topological polar surface area (TPSA) is 65.4 Å². The molecule has 2 unspecified atom stereocenters. The van der Waals surface area contributed by atoms with Crippen molar-refractivity contribution in [3.63, 3.8) is 0 Å². The summed E-state index contributed by atoms with van der Waals surface area (Å²) in [5, 5.41) is 11.7. The number of benzene rings is 1. The summed E-state index contributed by atoms with van der Waals surface area (Å²) >= 11 is 0. The lowest BCUT2D eigenvalue weighted by atomic mass is 9.92. The van der Waals surface area contributed by atoms with Crippen LogP contribution in [0.25, 0.3) is 0 Å². The van der Waals surface area contributed by atoms with E-state index in [4.69, 9.17) is 10.00 Å². The highest BCUT2D eigenvalue weighted by atomic mass is 16.5. The van der Waals surface area contributed by atoms with E-state index in [1.54, 1.807) is 24.3 Å². The molecule has 2 fully saturated rings. The number of carbonyl (C=O) groups excluding carboxylic acids is 1. The Labute approximate surface area is 137 Å². The number of nitriles is 1. The van der Waals surface area contributed by atoms with Crippen LogP contribution in [-0.2, 0) is 0 Å². The van der Waals surface area contributed by atoms with Crippen LogP contribution in [0.15, 0.2) is 24.3 Å². The number of hydrogen-bond acceptors (Lipinski definition) is 3. The predicted molar refractivity (Wildman–Crippen MR) is 87.1 cm³/mol. The van der Waals surface area contributed by atoms with Gasteiger partial charge in [0.15, 0.2) is 0 Å². The minimum absolute atomic E-state index is 0.0463. The Morgan fingerprint density at radius 1 is 1.26 bits per heavy atom. The van der Waals surface area contributed by atoms with Gasteiger partial charge in [-0.2, -0.15) is 5.26 Å². The van der Waals surface area contributed by atoms with Crippen LogP contribution in [0, 0.1) is 17.2 Å². The summed E-state index contributed by atoms with van der Waals surface area (Å²) in [5.41, 5.74) is 0.613. The second-order valence-electron chi connectivity index (χ2n) is 6.31. The predicted octanol–water partition coefficient (Wildman–Crippen LogP) is 2.91. The van der Waals surface area contributed by atoms with Crippen LogP contribution in [0.4, 0.5) is 4.79 Å². The lowest BCUT2D eigenvalue weighted by molar-refractivity contribution is 0.127. The van der Waals surface area contributed by atoms with Crippen molar-refractivity contribution < 1.29 is 9.53 Å². The van der Waals surface area contributed by atoms with Crippen LogP contribution in [0.3, 0.4) is 0 Å². The maximum Gasteiger partial charge on any atom is 0.317 e. The third-order valence-corrected chi connectivity index (χ3v) is 4.88. The number of carbonyl (C=O) groups is 1. The molecule has 3 rings (SSSR count). The number of hydrogen-bond donors (Lipinski definition) is 1. The summed E-state index contributed by atoms with van der Waals surface area (Å²) < 4.78 is 5.59. The molecule has 2 aliphatic rings. The van der Waals surface area contributed by atoms with Crippen molar-refractivity contribution in [3.05, 3.63) is 29.8 Å². The van der Waals surface area contributed by atoms with Gasteiger partial charge in [-0.15, -0.1) is 0 Å². The molecule has 122 valence electrons. The van der Waals surface area contributed by atoms with Crippen LogP contribution in [0.2, 0.25) is 0 Å². The largest absolute Gasteiger partial charge is 0.492 e. The van der Waals surface area contributed by atoms with Gasteiger partial charge in [0, 0.05) is 12.6 Å². The second kappa shape index (κ2) is 7.36. The van der Waals surface area contributed by atoms with Gasteiger partial charge in [-0.05, 0) is 55.9 Å². The molecular formula is C18H23N3O2. The van der Waals surface area contributed by atoms with Crippen LogP contribution in [0.1, 0.15) is 37.7 Å². The molecule has 1 aliphatic heterocycles. The monoisotopic (exact) mass is 313 g/mol. The van der Waals surface area contributed by atoms with E-state index in [1.807, 2.05) is 4.90 Å².